The summed E-state index contributed by atoms with van der Waals surface area (Å²) in [4.78, 5) is 0. The fraction of sp³-hybridized carbons (Fsp3) is 0.125. The van der Waals surface area contributed by atoms with Crippen LogP contribution in [0.5, 0.6) is 0 Å². The highest BCUT2D eigenvalue weighted by molar-refractivity contribution is 14.1. The Kier molecular flexibility index (Phi) is 3.93. The van der Waals surface area contributed by atoms with Crippen LogP contribution in [-0.2, 0) is 0 Å². The summed E-state index contributed by atoms with van der Waals surface area (Å²) in [5.74, 6) is 0.871. The molecule has 0 amide bonds. The molecule has 3 rings (SSSR count). The van der Waals surface area contributed by atoms with E-state index in [1.807, 2.05) is 30.3 Å². The van der Waals surface area contributed by atoms with Gasteiger partial charge in [0.2, 0.25) is 0 Å². The van der Waals surface area contributed by atoms with Crippen LogP contribution < -0.4 is 5.32 Å². The second-order valence-corrected chi connectivity index (χ2v) is 5.77. The summed E-state index contributed by atoms with van der Waals surface area (Å²) in [6.45, 7) is 0.687. The minimum atomic E-state index is 0.129. The summed E-state index contributed by atoms with van der Waals surface area (Å²) in [7, 11) is 0. The van der Waals surface area contributed by atoms with Gasteiger partial charge in [-0.15, -0.1) is 0 Å². The minimum absolute atomic E-state index is 0.129. The lowest BCUT2D eigenvalue weighted by Gasteiger charge is -2.04. The monoisotopic (exact) mass is 379 g/mol. The van der Waals surface area contributed by atoms with Crippen LogP contribution in [0.25, 0.3) is 22.3 Å². The van der Waals surface area contributed by atoms with E-state index in [-0.39, 0.29) is 6.61 Å². The second kappa shape index (κ2) is 5.85. The lowest BCUT2D eigenvalue weighted by molar-refractivity contribution is 0.311. The van der Waals surface area contributed by atoms with E-state index in [9.17, 15) is 0 Å². The molecule has 0 aliphatic heterocycles. The third-order valence-electron chi connectivity index (χ3n) is 3.09. The Morgan fingerprint density at radius 3 is 2.60 bits per heavy atom. The number of aliphatic hydroxyl groups is 1. The Morgan fingerprint density at radius 2 is 1.85 bits per heavy atom. The van der Waals surface area contributed by atoms with Crippen molar-refractivity contribution in [3.8, 4) is 11.3 Å². The molecule has 20 heavy (non-hydrogen) atoms. The maximum absolute atomic E-state index is 8.79. The molecule has 0 radical (unpaired) electrons. The van der Waals surface area contributed by atoms with Gasteiger partial charge in [-0.3, -0.25) is 0 Å². The van der Waals surface area contributed by atoms with Gasteiger partial charge in [0, 0.05) is 26.8 Å². The molecule has 4 heteroatoms. The first-order valence-corrected chi connectivity index (χ1v) is 7.48. The number of aliphatic hydroxyl groups excluding tert-OH is 1. The molecule has 1 heterocycles. The Balaban J connectivity index is 1.90. The lowest BCUT2D eigenvalue weighted by atomic mass is 10.1. The largest absolute Gasteiger partial charge is 0.456 e. The van der Waals surface area contributed by atoms with E-state index in [4.69, 9.17) is 9.52 Å². The van der Waals surface area contributed by atoms with E-state index in [0.29, 0.717) is 6.54 Å². The van der Waals surface area contributed by atoms with E-state index in [2.05, 4.69) is 46.1 Å². The van der Waals surface area contributed by atoms with Crippen molar-refractivity contribution in [3.63, 3.8) is 0 Å². The SMILES string of the molecule is OCCNc1ccc(-c2cc3ccc(I)cc3o2)cc1. The van der Waals surface area contributed by atoms with Crippen molar-refractivity contribution in [2.24, 2.45) is 0 Å². The van der Waals surface area contributed by atoms with Gasteiger partial charge in [0.15, 0.2) is 0 Å². The molecule has 2 aromatic carbocycles. The van der Waals surface area contributed by atoms with Crippen molar-refractivity contribution in [3.05, 3.63) is 52.1 Å². The Hall–Kier alpha value is -1.53. The van der Waals surface area contributed by atoms with Crippen molar-refractivity contribution >= 4 is 39.2 Å². The number of rotatable bonds is 4. The van der Waals surface area contributed by atoms with Gasteiger partial charge in [-0.25, -0.2) is 0 Å². The van der Waals surface area contributed by atoms with Gasteiger partial charge >= 0.3 is 0 Å². The van der Waals surface area contributed by atoms with Gasteiger partial charge in [-0.2, -0.15) is 0 Å². The summed E-state index contributed by atoms with van der Waals surface area (Å²) in [5, 5.41) is 13.0. The summed E-state index contributed by atoms with van der Waals surface area (Å²) >= 11 is 2.28. The van der Waals surface area contributed by atoms with Crippen molar-refractivity contribution in [1.82, 2.24) is 0 Å². The number of hydrogen-bond acceptors (Lipinski definition) is 3. The molecule has 0 saturated heterocycles. The number of furan rings is 1. The van der Waals surface area contributed by atoms with Crippen molar-refractivity contribution in [2.45, 2.75) is 0 Å². The van der Waals surface area contributed by atoms with Gasteiger partial charge in [0.25, 0.3) is 0 Å². The third kappa shape index (κ3) is 2.81. The first kappa shape index (κ1) is 13.5. The molecule has 0 unspecified atom stereocenters. The molecular formula is C16H14INO2. The van der Waals surface area contributed by atoms with Crippen LogP contribution in [0.2, 0.25) is 0 Å². The normalized spacial score (nSPS) is 10.9. The smallest absolute Gasteiger partial charge is 0.135 e. The molecule has 0 fully saturated rings. The number of nitrogens with one attached hydrogen (secondary N) is 1. The number of benzene rings is 2. The molecule has 3 nitrogen and oxygen atoms in total. The second-order valence-electron chi connectivity index (χ2n) is 4.52. The topological polar surface area (TPSA) is 45.4 Å². The van der Waals surface area contributed by atoms with Crippen LogP contribution in [0, 0.1) is 3.57 Å². The third-order valence-corrected chi connectivity index (χ3v) is 3.76. The zero-order valence-corrected chi connectivity index (χ0v) is 12.9. The molecule has 1 aromatic heterocycles. The van der Waals surface area contributed by atoms with Crippen molar-refractivity contribution in [2.75, 3.05) is 18.5 Å². The van der Waals surface area contributed by atoms with Crippen LogP contribution >= 0.6 is 22.6 Å². The van der Waals surface area contributed by atoms with E-state index in [1.54, 1.807) is 0 Å². The molecular weight excluding hydrogens is 365 g/mol. The van der Waals surface area contributed by atoms with Gasteiger partial charge in [-0.1, -0.05) is 6.07 Å². The fourth-order valence-electron chi connectivity index (χ4n) is 2.10. The molecule has 102 valence electrons. The average Bonchev–Trinajstić information content (AvgIpc) is 2.88. The summed E-state index contributed by atoms with van der Waals surface area (Å²) in [5.41, 5.74) is 2.95. The van der Waals surface area contributed by atoms with E-state index in [1.165, 1.54) is 3.57 Å². The highest BCUT2D eigenvalue weighted by Crippen LogP contribution is 2.29. The van der Waals surface area contributed by atoms with Crippen LogP contribution in [0.4, 0.5) is 5.69 Å². The first-order chi connectivity index (χ1) is 9.76. The zero-order chi connectivity index (χ0) is 13.9. The average molecular weight is 379 g/mol. The number of hydrogen-bond donors (Lipinski definition) is 2. The van der Waals surface area contributed by atoms with E-state index >= 15 is 0 Å². The molecule has 0 spiro atoms. The van der Waals surface area contributed by atoms with Crippen molar-refractivity contribution in [1.29, 1.82) is 0 Å². The maximum Gasteiger partial charge on any atom is 0.135 e. The molecule has 0 atom stereocenters. The highest BCUT2D eigenvalue weighted by Gasteiger charge is 2.06. The molecule has 2 N–H and O–H groups in total. The van der Waals surface area contributed by atoms with Gasteiger partial charge in [0.05, 0.1) is 6.61 Å². The Bertz CT molecular complexity index is 719. The minimum Gasteiger partial charge on any atom is -0.456 e. The Morgan fingerprint density at radius 1 is 1.05 bits per heavy atom. The van der Waals surface area contributed by atoms with Crippen molar-refractivity contribution < 1.29 is 9.52 Å². The number of fused-ring (bicyclic) bond motifs is 1. The predicted octanol–water partition coefficient (Wildman–Crippen LogP) is 4.11. The Labute approximate surface area is 130 Å². The molecule has 0 bridgehead atoms. The summed E-state index contributed by atoms with van der Waals surface area (Å²) in [6, 6.07) is 16.2. The lowest BCUT2D eigenvalue weighted by Crippen LogP contribution is -2.04. The number of halogens is 1. The van der Waals surface area contributed by atoms with Crippen LogP contribution in [-0.4, -0.2) is 18.3 Å². The predicted molar refractivity (Wildman–Crippen MR) is 89.9 cm³/mol. The van der Waals surface area contributed by atoms with E-state index < -0.39 is 0 Å². The van der Waals surface area contributed by atoms with Crippen LogP contribution in [0.3, 0.4) is 0 Å². The maximum atomic E-state index is 8.79. The van der Waals surface area contributed by atoms with E-state index in [0.717, 1.165) is 28.0 Å². The zero-order valence-electron chi connectivity index (χ0n) is 10.8. The highest BCUT2D eigenvalue weighted by atomic mass is 127. The molecule has 0 aliphatic rings. The quantitative estimate of drug-likeness (QED) is 0.671. The summed E-state index contributed by atoms with van der Waals surface area (Å²) in [6.07, 6.45) is 0. The molecule has 0 saturated carbocycles. The standard InChI is InChI=1S/C16H14INO2/c17-13-4-1-12-9-15(20-16(12)10-13)11-2-5-14(6-3-11)18-7-8-19/h1-6,9-10,18-19H,7-8H2. The molecule has 0 aliphatic carbocycles. The van der Waals surface area contributed by atoms with Gasteiger partial charge in [-0.05, 0) is 65.1 Å². The number of anilines is 1. The van der Waals surface area contributed by atoms with Crippen LogP contribution in [0.1, 0.15) is 0 Å². The van der Waals surface area contributed by atoms with Crippen LogP contribution in [0.15, 0.2) is 52.9 Å². The first-order valence-electron chi connectivity index (χ1n) is 6.40. The summed E-state index contributed by atoms with van der Waals surface area (Å²) < 4.78 is 7.06. The van der Waals surface area contributed by atoms with Gasteiger partial charge in [0.1, 0.15) is 11.3 Å². The van der Waals surface area contributed by atoms with Gasteiger partial charge < -0.3 is 14.8 Å². The fourth-order valence-corrected chi connectivity index (χ4v) is 2.56. The molecule has 3 aromatic rings.